The minimum absolute atomic E-state index is 0.0986. The van der Waals surface area contributed by atoms with Gasteiger partial charge in [0.25, 0.3) is 0 Å². The van der Waals surface area contributed by atoms with Gasteiger partial charge in [-0.25, -0.2) is 0 Å². The smallest absolute Gasteiger partial charge is 0.309 e. The van der Waals surface area contributed by atoms with Crippen molar-refractivity contribution in [2.45, 2.75) is 25.8 Å². The molecule has 0 aromatic rings. The highest BCUT2D eigenvalue weighted by atomic mass is 16.5. The van der Waals surface area contributed by atoms with Gasteiger partial charge in [0.1, 0.15) is 0 Å². The van der Waals surface area contributed by atoms with E-state index in [1.165, 1.54) is 7.11 Å². The molecule has 1 amide bonds. The van der Waals surface area contributed by atoms with Crippen molar-refractivity contribution in [1.29, 1.82) is 0 Å². The van der Waals surface area contributed by atoms with Crippen molar-refractivity contribution in [3.05, 3.63) is 0 Å². The molecule has 100 valence electrons. The monoisotopic (exact) mass is 252 g/mol. The van der Waals surface area contributed by atoms with E-state index in [4.69, 9.17) is 11.2 Å². The molecule has 5 nitrogen and oxygen atoms in total. The van der Waals surface area contributed by atoms with Gasteiger partial charge in [-0.05, 0) is 26.3 Å². The van der Waals surface area contributed by atoms with E-state index in [2.05, 4.69) is 11.2 Å². The van der Waals surface area contributed by atoms with Gasteiger partial charge in [0.15, 0.2) is 0 Å². The lowest BCUT2D eigenvalue weighted by Crippen LogP contribution is -2.50. The van der Waals surface area contributed by atoms with Gasteiger partial charge in [-0.2, -0.15) is 0 Å². The van der Waals surface area contributed by atoms with Gasteiger partial charge in [-0.3, -0.25) is 14.5 Å². The molecule has 1 rings (SSSR count). The summed E-state index contributed by atoms with van der Waals surface area (Å²) in [6.45, 7) is 3.44. The molecule has 1 aliphatic rings. The van der Waals surface area contributed by atoms with E-state index in [-0.39, 0.29) is 30.4 Å². The number of carbonyl (C=O) groups excluding carboxylic acids is 2. The Morgan fingerprint density at radius 2 is 2.33 bits per heavy atom. The summed E-state index contributed by atoms with van der Waals surface area (Å²) in [7, 11) is 1.39. The van der Waals surface area contributed by atoms with Gasteiger partial charge in [0, 0.05) is 6.54 Å². The van der Waals surface area contributed by atoms with Crippen molar-refractivity contribution < 1.29 is 14.3 Å². The predicted octanol–water partition coefficient (Wildman–Crippen LogP) is 0.00930. The van der Waals surface area contributed by atoms with Crippen LogP contribution in [0.5, 0.6) is 0 Å². The number of terminal acetylenes is 1. The van der Waals surface area contributed by atoms with Crippen molar-refractivity contribution in [3.8, 4) is 12.3 Å². The summed E-state index contributed by atoms with van der Waals surface area (Å²) >= 11 is 0. The fraction of sp³-hybridized carbons (Fsp3) is 0.692. The molecule has 1 N–H and O–H groups in total. The van der Waals surface area contributed by atoms with Crippen LogP contribution in [0.4, 0.5) is 0 Å². The van der Waals surface area contributed by atoms with Crippen LogP contribution in [0, 0.1) is 18.3 Å². The van der Waals surface area contributed by atoms with Crippen LogP contribution in [-0.4, -0.2) is 49.6 Å². The van der Waals surface area contributed by atoms with Gasteiger partial charge in [-0.15, -0.1) is 6.42 Å². The summed E-state index contributed by atoms with van der Waals surface area (Å²) in [5.41, 5.74) is 0. The number of ether oxygens (including phenoxy) is 1. The van der Waals surface area contributed by atoms with Crippen LogP contribution in [0.3, 0.4) is 0 Å². The third-order valence-electron chi connectivity index (χ3n) is 3.28. The van der Waals surface area contributed by atoms with Crippen LogP contribution in [0.15, 0.2) is 0 Å². The number of likely N-dealkylation sites (tertiary alicyclic amines) is 1. The zero-order valence-electron chi connectivity index (χ0n) is 10.9. The number of rotatable bonds is 4. The highest BCUT2D eigenvalue weighted by molar-refractivity contribution is 5.81. The standard InChI is InChI=1S/C13H20N2O3/c1-4-7-14-12(16)10(2)15-8-5-6-11(9-15)13(17)18-3/h1,10-11H,5-9H2,2-3H3,(H,14,16). The van der Waals surface area contributed by atoms with Crippen LogP contribution >= 0.6 is 0 Å². The molecule has 0 saturated carbocycles. The van der Waals surface area contributed by atoms with Gasteiger partial charge in [-0.1, -0.05) is 5.92 Å². The van der Waals surface area contributed by atoms with Crippen LogP contribution in [0.1, 0.15) is 19.8 Å². The maximum Gasteiger partial charge on any atom is 0.309 e. The van der Waals surface area contributed by atoms with E-state index in [1.807, 2.05) is 11.8 Å². The van der Waals surface area contributed by atoms with Crippen LogP contribution < -0.4 is 5.32 Å². The lowest BCUT2D eigenvalue weighted by atomic mass is 9.97. The SMILES string of the molecule is C#CCNC(=O)C(C)N1CCCC(C(=O)OC)C1. The van der Waals surface area contributed by atoms with E-state index in [9.17, 15) is 9.59 Å². The molecule has 0 aromatic carbocycles. The predicted molar refractivity (Wildman–Crippen MR) is 67.6 cm³/mol. The summed E-state index contributed by atoms with van der Waals surface area (Å²) in [5, 5.41) is 2.65. The van der Waals surface area contributed by atoms with E-state index >= 15 is 0 Å². The number of hydrogen-bond donors (Lipinski definition) is 1. The molecule has 0 spiro atoms. The molecule has 1 fully saturated rings. The topological polar surface area (TPSA) is 58.6 Å². The zero-order chi connectivity index (χ0) is 13.5. The molecular weight excluding hydrogens is 232 g/mol. The largest absolute Gasteiger partial charge is 0.469 e. The first-order valence-corrected chi connectivity index (χ1v) is 6.13. The first-order valence-electron chi connectivity index (χ1n) is 6.13. The van der Waals surface area contributed by atoms with Crippen molar-refractivity contribution in [3.63, 3.8) is 0 Å². The van der Waals surface area contributed by atoms with Gasteiger partial charge in [0.2, 0.25) is 5.91 Å². The maximum atomic E-state index is 11.8. The number of amides is 1. The molecule has 0 bridgehead atoms. The molecule has 0 radical (unpaired) electrons. The van der Waals surface area contributed by atoms with Crippen molar-refractivity contribution >= 4 is 11.9 Å². The van der Waals surface area contributed by atoms with Crippen LogP contribution in [-0.2, 0) is 14.3 Å². The van der Waals surface area contributed by atoms with Gasteiger partial charge >= 0.3 is 5.97 Å². The quantitative estimate of drug-likeness (QED) is 0.565. The van der Waals surface area contributed by atoms with E-state index < -0.39 is 0 Å². The molecule has 18 heavy (non-hydrogen) atoms. The number of piperidine rings is 1. The van der Waals surface area contributed by atoms with Crippen LogP contribution in [0.2, 0.25) is 0 Å². The molecule has 0 aromatic heterocycles. The molecule has 1 saturated heterocycles. The average Bonchev–Trinajstić information content (AvgIpc) is 2.43. The highest BCUT2D eigenvalue weighted by Crippen LogP contribution is 2.19. The van der Waals surface area contributed by atoms with Crippen molar-refractivity contribution in [1.82, 2.24) is 10.2 Å². The summed E-state index contributed by atoms with van der Waals surface area (Å²) in [6, 6.07) is -0.272. The summed E-state index contributed by atoms with van der Waals surface area (Å²) < 4.78 is 4.75. The Morgan fingerprint density at radius 1 is 1.61 bits per heavy atom. The Bertz CT molecular complexity index is 349. The van der Waals surface area contributed by atoms with Crippen molar-refractivity contribution in [2.24, 2.45) is 5.92 Å². The molecule has 2 unspecified atom stereocenters. The fourth-order valence-electron chi connectivity index (χ4n) is 2.17. The number of carbonyl (C=O) groups is 2. The fourth-order valence-corrected chi connectivity index (χ4v) is 2.17. The minimum Gasteiger partial charge on any atom is -0.469 e. The van der Waals surface area contributed by atoms with E-state index in [1.54, 1.807) is 0 Å². The third kappa shape index (κ3) is 3.74. The maximum absolute atomic E-state index is 11.8. The Hall–Kier alpha value is -1.54. The average molecular weight is 252 g/mol. The summed E-state index contributed by atoms with van der Waals surface area (Å²) in [6.07, 6.45) is 6.81. The highest BCUT2D eigenvalue weighted by Gasteiger charge is 2.31. The Balaban J connectivity index is 2.53. The lowest BCUT2D eigenvalue weighted by Gasteiger charge is -2.34. The number of esters is 1. The Kier molecular flexibility index (Phi) is 5.66. The summed E-state index contributed by atoms with van der Waals surface area (Å²) in [4.78, 5) is 25.3. The molecule has 1 heterocycles. The second-order valence-electron chi connectivity index (χ2n) is 4.46. The second kappa shape index (κ2) is 7.02. The minimum atomic E-state index is -0.272. The molecule has 0 aliphatic carbocycles. The molecule has 1 aliphatic heterocycles. The third-order valence-corrected chi connectivity index (χ3v) is 3.28. The number of hydrogen-bond acceptors (Lipinski definition) is 4. The Morgan fingerprint density at radius 3 is 2.94 bits per heavy atom. The Labute approximate surface area is 108 Å². The number of methoxy groups -OCH3 is 1. The molecule has 2 atom stereocenters. The number of nitrogens with one attached hydrogen (secondary N) is 1. The van der Waals surface area contributed by atoms with Crippen molar-refractivity contribution in [2.75, 3.05) is 26.7 Å². The molecular formula is C13H20N2O3. The summed E-state index contributed by atoms with van der Waals surface area (Å²) in [5.74, 6) is 1.94. The second-order valence-corrected chi connectivity index (χ2v) is 4.46. The van der Waals surface area contributed by atoms with Crippen LogP contribution in [0.25, 0.3) is 0 Å². The molecule has 5 heteroatoms. The van der Waals surface area contributed by atoms with E-state index in [0.717, 1.165) is 19.4 Å². The number of nitrogens with zero attached hydrogens (tertiary/aromatic N) is 1. The van der Waals surface area contributed by atoms with Gasteiger partial charge in [0.05, 0.1) is 25.6 Å². The first kappa shape index (κ1) is 14.5. The normalized spacial score (nSPS) is 21.7. The van der Waals surface area contributed by atoms with E-state index in [0.29, 0.717) is 6.54 Å². The first-order chi connectivity index (χ1) is 8.60. The van der Waals surface area contributed by atoms with Gasteiger partial charge < -0.3 is 10.1 Å². The zero-order valence-corrected chi connectivity index (χ0v) is 10.9. The lowest BCUT2D eigenvalue weighted by molar-refractivity contribution is -0.148.